The summed E-state index contributed by atoms with van der Waals surface area (Å²) in [6, 6.07) is 5.20. The van der Waals surface area contributed by atoms with Gasteiger partial charge in [-0.25, -0.2) is 0 Å². The molecule has 2 N–H and O–H groups in total. The Bertz CT molecular complexity index is 573. The van der Waals surface area contributed by atoms with Crippen LogP contribution < -0.4 is 5.32 Å². The first-order valence-electron chi connectivity index (χ1n) is 7.07. The van der Waals surface area contributed by atoms with Gasteiger partial charge in [-0.1, -0.05) is 13.3 Å². The van der Waals surface area contributed by atoms with E-state index in [1.807, 2.05) is 19.2 Å². The summed E-state index contributed by atoms with van der Waals surface area (Å²) in [5.41, 5.74) is -0.894. The van der Waals surface area contributed by atoms with E-state index in [2.05, 4.69) is 10.4 Å². The molecule has 1 unspecified atom stereocenters. The molecule has 0 spiro atoms. The summed E-state index contributed by atoms with van der Waals surface area (Å²) in [6.45, 7) is 4.38. The molecule has 2 heterocycles. The molecule has 0 radical (unpaired) electrons. The molecule has 21 heavy (non-hydrogen) atoms. The van der Waals surface area contributed by atoms with Crippen molar-refractivity contribution in [2.75, 3.05) is 6.54 Å². The number of hydrogen-bond acceptors (Lipinski definition) is 4. The number of aromatic nitrogens is 2. The van der Waals surface area contributed by atoms with Crippen LogP contribution in [-0.2, 0) is 6.54 Å². The van der Waals surface area contributed by atoms with Crippen LogP contribution in [0.2, 0.25) is 0 Å². The van der Waals surface area contributed by atoms with Gasteiger partial charge in [-0.2, -0.15) is 5.10 Å². The molecule has 6 nitrogen and oxygen atoms in total. The number of nitrogens with zero attached hydrogens (tertiary/aromatic N) is 2. The first-order chi connectivity index (χ1) is 10.00. The Morgan fingerprint density at radius 3 is 3.00 bits per heavy atom. The van der Waals surface area contributed by atoms with Crippen molar-refractivity contribution < 1.29 is 14.3 Å². The van der Waals surface area contributed by atoms with Crippen LogP contribution in [0.3, 0.4) is 0 Å². The molecular weight excluding hydrogens is 270 g/mol. The van der Waals surface area contributed by atoms with Gasteiger partial charge in [-0.15, -0.1) is 0 Å². The highest BCUT2D eigenvalue weighted by Gasteiger charge is 2.21. The number of hydrogen-bond donors (Lipinski definition) is 2. The SMILES string of the molecule is CCCC(C)(O)CNC(=O)c1ccc(Cn2cccn2)o1. The van der Waals surface area contributed by atoms with E-state index >= 15 is 0 Å². The third-order valence-electron chi connectivity index (χ3n) is 3.18. The smallest absolute Gasteiger partial charge is 0.287 e. The monoisotopic (exact) mass is 291 g/mol. The maximum atomic E-state index is 12.0. The van der Waals surface area contributed by atoms with Gasteiger partial charge in [0.1, 0.15) is 5.76 Å². The zero-order chi connectivity index (χ0) is 15.3. The van der Waals surface area contributed by atoms with Crippen molar-refractivity contribution in [1.82, 2.24) is 15.1 Å². The second kappa shape index (κ2) is 6.58. The van der Waals surface area contributed by atoms with Crippen LogP contribution in [0.25, 0.3) is 0 Å². The van der Waals surface area contributed by atoms with Gasteiger partial charge in [-0.05, 0) is 31.5 Å². The van der Waals surface area contributed by atoms with Gasteiger partial charge in [0.2, 0.25) is 0 Å². The Morgan fingerprint density at radius 2 is 2.33 bits per heavy atom. The molecule has 2 aromatic rings. The van der Waals surface area contributed by atoms with Crippen molar-refractivity contribution in [1.29, 1.82) is 0 Å². The number of rotatable bonds is 7. The molecule has 0 aliphatic carbocycles. The quantitative estimate of drug-likeness (QED) is 0.815. The van der Waals surface area contributed by atoms with E-state index < -0.39 is 5.60 Å². The van der Waals surface area contributed by atoms with Gasteiger partial charge in [0.25, 0.3) is 5.91 Å². The maximum Gasteiger partial charge on any atom is 0.287 e. The van der Waals surface area contributed by atoms with Gasteiger partial charge in [0.05, 0.1) is 12.1 Å². The fourth-order valence-corrected chi connectivity index (χ4v) is 2.12. The predicted molar refractivity (Wildman–Crippen MR) is 77.9 cm³/mol. The molecule has 0 fully saturated rings. The van der Waals surface area contributed by atoms with Crippen molar-refractivity contribution in [3.8, 4) is 0 Å². The lowest BCUT2D eigenvalue weighted by Gasteiger charge is -2.22. The summed E-state index contributed by atoms with van der Waals surface area (Å²) in [4.78, 5) is 12.0. The molecule has 0 saturated carbocycles. The minimum absolute atomic E-state index is 0.203. The van der Waals surface area contributed by atoms with E-state index in [-0.39, 0.29) is 18.2 Å². The van der Waals surface area contributed by atoms with Gasteiger partial charge >= 0.3 is 0 Å². The largest absolute Gasteiger partial charge is 0.454 e. The number of carbonyl (C=O) groups excluding carboxylic acids is 1. The first-order valence-corrected chi connectivity index (χ1v) is 7.07. The summed E-state index contributed by atoms with van der Waals surface area (Å²) >= 11 is 0. The normalized spacial score (nSPS) is 13.9. The van der Waals surface area contributed by atoms with Crippen LogP contribution in [0, 0.1) is 0 Å². The Labute approximate surface area is 123 Å². The zero-order valence-electron chi connectivity index (χ0n) is 12.4. The Balaban J connectivity index is 1.90. The van der Waals surface area contributed by atoms with E-state index in [1.165, 1.54) is 0 Å². The fraction of sp³-hybridized carbons (Fsp3) is 0.467. The fourth-order valence-electron chi connectivity index (χ4n) is 2.12. The van der Waals surface area contributed by atoms with Crippen molar-refractivity contribution in [2.24, 2.45) is 0 Å². The van der Waals surface area contributed by atoms with Crippen molar-refractivity contribution >= 4 is 5.91 Å². The third kappa shape index (κ3) is 4.46. The predicted octanol–water partition coefficient (Wildman–Crippen LogP) is 1.81. The molecule has 0 aromatic carbocycles. The molecular formula is C15H21N3O3. The van der Waals surface area contributed by atoms with Crippen LogP contribution in [0.5, 0.6) is 0 Å². The number of nitrogens with one attached hydrogen (secondary N) is 1. The van der Waals surface area contributed by atoms with Crippen LogP contribution in [0.4, 0.5) is 0 Å². The average molecular weight is 291 g/mol. The molecule has 114 valence electrons. The Morgan fingerprint density at radius 1 is 1.52 bits per heavy atom. The summed E-state index contributed by atoms with van der Waals surface area (Å²) < 4.78 is 7.20. The number of carbonyl (C=O) groups is 1. The lowest BCUT2D eigenvalue weighted by Crippen LogP contribution is -2.40. The number of amides is 1. The van der Waals surface area contributed by atoms with E-state index in [0.29, 0.717) is 18.7 Å². The second-order valence-corrected chi connectivity index (χ2v) is 5.40. The summed E-state index contributed by atoms with van der Waals surface area (Å²) in [6.07, 6.45) is 5.00. The number of furan rings is 1. The van der Waals surface area contributed by atoms with Crippen LogP contribution >= 0.6 is 0 Å². The van der Waals surface area contributed by atoms with E-state index in [9.17, 15) is 9.90 Å². The minimum atomic E-state index is -0.894. The standard InChI is InChI=1S/C15H21N3O3/c1-3-7-15(2,20)11-16-14(19)13-6-5-12(21-13)10-18-9-4-8-17-18/h4-6,8-9,20H,3,7,10-11H2,1-2H3,(H,16,19). The van der Waals surface area contributed by atoms with Gasteiger partial charge < -0.3 is 14.8 Å². The van der Waals surface area contributed by atoms with Crippen LogP contribution in [0.1, 0.15) is 43.0 Å². The molecule has 0 aliphatic rings. The van der Waals surface area contributed by atoms with Gasteiger partial charge in [-0.3, -0.25) is 9.48 Å². The average Bonchev–Trinajstić information content (AvgIpc) is 3.08. The molecule has 0 saturated heterocycles. The Kier molecular flexibility index (Phi) is 4.80. The van der Waals surface area contributed by atoms with Gasteiger partial charge in [0.15, 0.2) is 5.76 Å². The van der Waals surface area contributed by atoms with Crippen molar-refractivity contribution in [3.63, 3.8) is 0 Å². The minimum Gasteiger partial charge on any atom is -0.454 e. The molecule has 2 aromatic heterocycles. The second-order valence-electron chi connectivity index (χ2n) is 5.40. The summed E-state index contributed by atoms with van der Waals surface area (Å²) in [5, 5.41) is 16.8. The Hall–Kier alpha value is -2.08. The van der Waals surface area contributed by atoms with E-state index in [1.54, 1.807) is 29.9 Å². The molecule has 0 aliphatic heterocycles. The maximum absolute atomic E-state index is 12.0. The number of aliphatic hydroxyl groups is 1. The highest BCUT2D eigenvalue weighted by molar-refractivity contribution is 5.91. The molecule has 2 rings (SSSR count). The molecule has 1 amide bonds. The van der Waals surface area contributed by atoms with E-state index in [4.69, 9.17) is 4.42 Å². The lowest BCUT2D eigenvalue weighted by atomic mass is 10.0. The summed E-state index contributed by atoms with van der Waals surface area (Å²) in [5.74, 6) is 0.576. The van der Waals surface area contributed by atoms with Crippen LogP contribution in [0.15, 0.2) is 35.0 Å². The van der Waals surface area contributed by atoms with Gasteiger partial charge in [0, 0.05) is 18.9 Å². The van der Waals surface area contributed by atoms with Crippen molar-refractivity contribution in [2.45, 2.75) is 38.8 Å². The topological polar surface area (TPSA) is 80.3 Å². The summed E-state index contributed by atoms with van der Waals surface area (Å²) in [7, 11) is 0. The van der Waals surface area contributed by atoms with E-state index in [0.717, 1.165) is 6.42 Å². The molecule has 1 atom stereocenters. The van der Waals surface area contributed by atoms with Crippen molar-refractivity contribution in [3.05, 3.63) is 42.1 Å². The molecule has 0 bridgehead atoms. The molecule has 6 heteroatoms. The highest BCUT2D eigenvalue weighted by Crippen LogP contribution is 2.12. The highest BCUT2D eigenvalue weighted by atomic mass is 16.4. The third-order valence-corrected chi connectivity index (χ3v) is 3.18. The lowest BCUT2D eigenvalue weighted by molar-refractivity contribution is 0.0463. The van der Waals surface area contributed by atoms with Crippen LogP contribution in [-0.4, -0.2) is 32.9 Å². The zero-order valence-corrected chi connectivity index (χ0v) is 12.4. The first kappa shape index (κ1) is 15.3.